The van der Waals surface area contributed by atoms with Crippen LogP contribution in [0.5, 0.6) is 0 Å². The lowest BCUT2D eigenvalue weighted by molar-refractivity contribution is 0.100. The van der Waals surface area contributed by atoms with E-state index >= 15 is 0 Å². The molecule has 1 aliphatic heterocycles. The molecule has 1 aliphatic rings. The fraction of sp³-hybridized carbons (Fsp3) is 0.438. The number of carbonyl (C=O) groups excluding carboxylic acids is 1. The fourth-order valence-electron chi connectivity index (χ4n) is 3.35. The van der Waals surface area contributed by atoms with Crippen LogP contribution in [-0.2, 0) is 0 Å². The van der Waals surface area contributed by atoms with Crippen molar-refractivity contribution >= 4 is 34.3 Å². The minimum atomic E-state index is -0.454. The molecule has 0 unspecified atom stereocenters. The van der Waals surface area contributed by atoms with E-state index in [1.165, 1.54) is 0 Å². The third-order valence-electron chi connectivity index (χ3n) is 4.25. The zero-order chi connectivity index (χ0) is 16.8. The van der Waals surface area contributed by atoms with Crippen molar-refractivity contribution in [3.05, 3.63) is 33.7 Å². The van der Waals surface area contributed by atoms with Crippen molar-refractivity contribution in [3.63, 3.8) is 0 Å². The van der Waals surface area contributed by atoms with E-state index in [2.05, 4.69) is 53.4 Å². The largest absolute Gasteiger partial charge is 0.365 e. The number of anilines is 1. The van der Waals surface area contributed by atoms with E-state index in [4.69, 9.17) is 10.7 Å². The summed E-state index contributed by atoms with van der Waals surface area (Å²) in [6.45, 7) is 7.42. The number of hydrogen-bond acceptors (Lipinski definition) is 4. The Hall–Kier alpha value is -1.64. The molecule has 0 radical (unpaired) electrons. The van der Waals surface area contributed by atoms with Gasteiger partial charge in [0.25, 0.3) is 5.91 Å². The molecule has 0 spiro atoms. The predicted molar refractivity (Wildman–Crippen MR) is 97.8 cm³/mol. The van der Waals surface area contributed by atoms with Crippen molar-refractivity contribution < 1.29 is 4.79 Å². The van der Waals surface area contributed by atoms with E-state index in [0.29, 0.717) is 23.1 Å². The molecule has 23 heavy (non-hydrogen) atoms. The van der Waals surface area contributed by atoms with Gasteiger partial charge in [-0.15, -0.1) is 0 Å². The van der Waals surface area contributed by atoms with Gasteiger partial charge in [-0.2, -0.15) is 5.10 Å². The SMILES string of the molecule is C[C@@H]1CN(c2nc(-n3ccc(I)n3)ccc2C(N)=O)C(C)(C)C1. The Morgan fingerprint density at radius 3 is 2.65 bits per heavy atom. The third-order valence-corrected chi connectivity index (χ3v) is 4.82. The molecule has 1 saturated heterocycles. The monoisotopic (exact) mass is 425 g/mol. The normalized spacial score (nSPS) is 20.0. The summed E-state index contributed by atoms with van der Waals surface area (Å²) in [7, 11) is 0. The molecule has 3 rings (SSSR count). The molecule has 2 N–H and O–H groups in total. The van der Waals surface area contributed by atoms with Crippen molar-refractivity contribution in [2.45, 2.75) is 32.7 Å². The van der Waals surface area contributed by atoms with Crippen LogP contribution < -0.4 is 10.6 Å². The number of nitrogens with zero attached hydrogens (tertiary/aromatic N) is 4. The van der Waals surface area contributed by atoms with E-state index in [-0.39, 0.29) is 5.54 Å². The van der Waals surface area contributed by atoms with Gasteiger partial charge in [0.1, 0.15) is 9.52 Å². The molecule has 2 aromatic heterocycles. The summed E-state index contributed by atoms with van der Waals surface area (Å²) in [6.07, 6.45) is 2.91. The summed E-state index contributed by atoms with van der Waals surface area (Å²) in [4.78, 5) is 18.8. The highest BCUT2D eigenvalue weighted by Crippen LogP contribution is 2.37. The molecular formula is C16H20IN5O. The van der Waals surface area contributed by atoms with Gasteiger partial charge in [-0.05, 0) is 67.0 Å². The molecule has 1 atom stereocenters. The number of rotatable bonds is 3. The second kappa shape index (κ2) is 5.77. The Balaban J connectivity index is 2.11. The first kappa shape index (κ1) is 16.2. The molecule has 0 aromatic carbocycles. The Morgan fingerprint density at radius 1 is 1.39 bits per heavy atom. The lowest BCUT2D eigenvalue weighted by Crippen LogP contribution is -2.40. The Bertz CT molecular complexity index is 755. The third kappa shape index (κ3) is 3.06. The van der Waals surface area contributed by atoms with Crippen molar-refractivity contribution in [2.24, 2.45) is 11.7 Å². The van der Waals surface area contributed by atoms with Crippen molar-refractivity contribution in [2.75, 3.05) is 11.4 Å². The highest BCUT2D eigenvalue weighted by atomic mass is 127. The van der Waals surface area contributed by atoms with Crippen molar-refractivity contribution in [1.29, 1.82) is 0 Å². The molecule has 0 saturated carbocycles. The van der Waals surface area contributed by atoms with E-state index in [1.807, 2.05) is 12.3 Å². The molecule has 122 valence electrons. The smallest absolute Gasteiger partial charge is 0.252 e. The predicted octanol–water partition coefficient (Wildman–Crippen LogP) is 2.60. The number of primary amides is 1. The van der Waals surface area contributed by atoms with E-state index in [1.54, 1.807) is 16.8 Å². The van der Waals surface area contributed by atoms with Crippen LogP contribution in [0, 0.1) is 9.62 Å². The molecule has 1 fully saturated rings. The first-order chi connectivity index (χ1) is 10.8. The molecular weight excluding hydrogens is 405 g/mol. The lowest BCUT2D eigenvalue weighted by Gasteiger charge is -2.33. The van der Waals surface area contributed by atoms with Gasteiger partial charge in [0.05, 0.1) is 5.56 Å². The van der Waals surface area contributed by atoms with Gasteiger partial charge < -0.3 is 10.6 Å². The van der Waals surface area contributed by atoms with E-state index in [0.717, 1.165) is 16.7 Å². The molecule has 3 heterocycles. The summed E-state index contributed by atoms with van der Waals surface area (Å²) >= 11 is 2.16. The van der Waals surface area contributed by atoms with Crippen LogP contribution in [0.2, 0.25) is 0 Å². The van der Waals surface area contributed by atoms with Crippen molar-refractivity contribution in [3.8, 4) is 5.82 Å². The van der Waals surface area contributed by atoms with Gasteiger partial charge in [0.15, 0.2) is 5.82 Å². The Labute approximate surface area is 149 Å². The van der Waals surface area contributed by atoms with Gasteiger partial charge >= 0.3 is 0 Å². The average molecular weight is 425 g/mol. The maximum atomic E-state index is 11.9. The van der Waals surface area contributed by atoms with Gasteiger partial charge in [-0.1, -0.05) is 6.92 Å². The molecule has 7 heteroatoms. The van der Waals surface area contributed by atoms with Crippen LogP contribution in [0.3, 0.4) is 0 Å². The molecule has 2 aromatic rings. The highest BCUT2D eigenvalue weighted by molar-refractivity contribution is 14.1. The molecule has 6 nitrogen and oxygen atoms in total. The van der Waals surface area contributed by atoms with Gasteiger partial charge in [-0.25, -0.2) is 9.67 Å². The summed E-state index contributed by atoms with van der Waals surface area (Å²) in [5.74, 6) is 1.42. The standard InChI is InChI=1S/C16H20IN5O/c1-10-8-16(2,3)21(9-10)15-11(14(18)23)4-5-13(19-15)22-7-6-12(17)20-22/h4-7,10H,8-9H2,1-3H3,(H2,18,23)/t10-/m0/s1. The zero-order valence-corrected chi connectivity index (χ0v) is 15.6. The molecule has 0 bridgehead atoms. The van der Waals surface area contributed by atoms with Crippen molar-refractivity contribution in [1.82, 2.24) is 14.8 Å². The van der Waals surface area contributed by atoms with Gasteiger partial charge in [0, 0.05) is 18.3 Å². The molecule has 0 aliphatic carbocycles. The summed E-state index contributed by atoms with van der Waals surface area (Å²) in [6, 6.07) is 5.43. The molecule has 1 amide bonds. The van der Waals surface area contributed by atoms with Gasteiger partial charge in [0.2, 0.25) is 0 Å². The number of amides is 1. The minimum Gasteiger partial charge on any atom is -0.365 e. The first-order valence-electron chi connectivity index (χ1n) is 7.58. The average Bonchev–Trinajstić information content (AvgIpc) is 3.00. The second-order valence-corrected chi connectivity index (χ2v) is 7.83. The number of nitrogens with two attached hydrogens (primary N) is 1. The van der Waals surface area contributed by atoms with Crippen LogP contribution in [0.4, 0.5) is 5.82 Å². The van der Waals surface area contributed by atoms with Gasteiger partial charge in [-0.3, -0.25) is 4.79 Å². The first-order valence-corrected chi connectivity index (χ1v) is 8.66. The summed E-state index contributed by atoms with van der Waals surface area (Å²) in [5, 5.41) is 4.38. The fourth-order valence-corrected chi connectivity index (χ4v) is 3.75. The van der Waals surface area contributed by atoms with E-state index in [9.17, 15) is 4.79 Å². The number of hydrogen-bond donors (Lipinski definition) is 1. The van der Waals surface area contributed by atoms with Crippen LogP contribution in [-0.4, -0.2) is 32.8 Å². The van der Waals surface area contributed by atoms with Crippen LogP contribution in [0.25, 0.3) is 5.82 Å². The zero-order valence-electron chi connectivity index (χ0n) is 13.5. The Kier molecular flexibility index (Phi) is 4.07. The van der Waals surface area contributed by atoms with Crippen LogP contribution in [0.15, 0.2) is 24.4 Å². The number of aromatic nitrogens is 3. The maximum absolute atomic E-state index is 11.9. The topological polar surface area (TPSA) is 77.0 Å². The van der Waals surface area contributed by atoms with E-state index < -0.39 is 5.91 Å². The Morgan fingerprint density at radius 2 is 2.13 bits per heavy atom. The summed E-state index contributed by atoms with van der Waals surface area (Å²) in [5.41, 5.74) is 5.96. The minimum absolute atomic E-state index is 0.0617. The quantitative estimate of drug-likeness (QED) is 0.768. The second-order valence-electron chi connectivity index (χ2n) is 6.72. The lowest BCUT2D eigenvalue weighted by atomic mass is 9.97. The highest BCUT2D eigenvalue weighted by Gasteiger charge is 2.38. The number of halogens is 1. The van der Waals surface area contributed by atoms with Crippen LogP contribution >= 0.6 is 22.6 Å². The van der Waals surface area contributed by atoms with Crippen LogP contribution in [0.1, 0.15) is 37.6 Å². The number of carbonyl (C=O) groups is 1. The maximum Gasteiger partial charge on any atom is 0.252 e. The summed E-state index contributed by atoms with van der Waals surface area (Å²) < 4.78 is 2.60. The number of pyridine rings is 1.